The molecular formula is C27H38N2O4. The Morgan fingerprint density at radius 3 is 2.52 bits per heavy atom. The zero-order valence-electron chi connectivity index (χ0n) is 20.3. The summed E-state index contributed by atoms with van der Waals surface area (Å²) in [4.78, 5) is 18.6. The standard InChI is InChI=1S/C27H38N2O4/c1-27(2,3)33-26(31)29-17-15-20(16-18-29)32-24-21-10-7-8-12-23(21)28-25(30)22(24)11-6-4-5-9-19-13-14-19/h7-8,10,12,19-20H,4-6,9,11,13-18H2,1-3H3,(H,28,30). The van der Waals surface area contributed by atoms with Crippen molar-refractivity contribution in [3.8, 4) is 11.6 Å². The van der Waals surface area contributed by atoms with Crippen molar-refractivity contribution in [2.24, 2.45) is 5.92 Å². The highest BCUT2D eigenvalue weighted by Crippen LogP contribution is 2.38. The van der Waals surface area contributed by atoms with Gasteiger partial charge in [0.05, 0.1) is 11.1 Å². The molecule has 1 N–H and O–H groups in total. The molecule has 1 aliphatic carbocycles. The molecular weight excluding hydrogens is 416 g/mol. The lowest BCUT2D eigenvalue weighted by molar-refractivity contribution is 0.0127. The van der Waals surface area contributed by atoms with Gasteiger partial charge in [0, 0.05) is 31.3 Å². The predicted octanol–water partition coefficient (Wildman–Crippen LogP) is 6.23. The van der Waals surface area contributed by atoms with E-state index in [0.717, 1.165) is 60.2 Å². The van der Waals surface area contributed by atoms with Crippen LogP contribution in [0.2, 0.25) is 0 Å². The zero-order chi connectivity index (χ0) is 23.4. The van der Waals surface area contributed by atoms with Gasteiger partial charge < -0.3 is 19.5 Å². The molecule has 1 aromatic carbocycles. The number of hydrogen-bond acceptors (Lipinski definition) is 5. The van der Waals surface area contributed by atoms with Crippen molar-refractivity contribution in [2.45, 2.75) is 90.3 Å². The first-order chi connectivity index (χ1) is 15.8. The van der Waals surface area contributed by atoms with E-state index >= 15 is 0 Å². The third-order valence-electron chi connectivity index (χ3n) is 6.53. The highest BCUT2D eigenvalue weighted by Gasteiger charge is 2.29. The Morgan fingerprint density at radius 2 is 1.82 bits per heavy atom. The number of piperidine rings is 1. The van der Waals surface area contributed by atoms with Gasteiger partial charge in [0.1, 0.15) is 17.5 Å². The van der Waals surface area contributed by atoms with Crippen LogP contribution in [0.25, 0.3) is 10.9 Å². The molecule has 1 saturated carbocycles. The van der Waals surface area contributed by atoms with Crippen molar-refractivity contribution in [2.75, 3.05) is 13.1 Å². The molecule has 1 aliphatic heterocycles. The Balaban J connectivity index is 1.42. The summed E-state index contributed by atoms with van der Waals surface area (Å²) in [6.07, 6.45) is 9.54. The van der Waals surface area contributed by atoms with E-state index in [-0.39, 0.29) is 18.1 Å². The number of carbonyl (C=O) groups is 1. The highest BCUT2D eigenvalue weighted by molar-refractivity contribution is 5.87. The molecule has 2 heterocycles. The third kappa shape index (κ3) is 6.52. The van der Waals surface area contributed by atoms with E-state index in [2.05, 4.69) is 4.98 Å². The maximum absolute atomic E-state index is 12.4. The fourth-order valence-electron chi connectivity index (χ4n) is 4.54. The van der Waals surface area contributed by atoms with E-state index < -0.39 is 5.60 Å². The van der Waals surface area contributed by atoms with Crippen molar-refractivity contribution >= 4 is 17.0 Å². The normalized spacial score (nSPS) is 17.4. The number of hydrogen-bond donors (Lipinski definition) is 1. The number of aromatic hydroxyl groups is 1. The zero-order valence-corrected chi connectivity index (χ0v) is 20.3. The van der Waals surface area contributed by atoms with Crippen LogP contribution >= 0.6 is 0 Å². The number of ether oxygens (including phenoxy) is 2. The molecule has 2 aromatic rings. The minimum absolute atomic E-state index is 0.0116. The quantitative estimate of drug-likeness (QED) is 0.479. The second kappa shape index (κ2) is 10.2. The van der Waals surface area contributed by atoms with Crippen LogP contribution in [0, 0.1) is 5.92 Å². The fourth-order valence-corrected chi connectivity index (χ4v) is 4.54. The van der Waals surface area contributed by atoms with E-state index in [0.29, 0.717) is 13.1 Å². The number of nitrogens with zero attached hydrogens (tertiary/aromatic N) is 2. The van der Waals surface area contributed by atoms with Crippen molar-refractivity contribution in [3.05, 3.63) is 29.8 Å². The molecule has 2 fully saturated rings. The summed E-state index contributed by atoms with van der Waals surface area (Å²) >= 11 is 0. The first-order valence-corrected chi connectivity index (χ1v) is 12.6. The molecule has 1 aromatic heterocycles. The number of para-hydroxylation sites is 1. The lowest BCUT2D eigenvalue weighted by atomic mass is 10.0. The van der Waals surface area contributed by atoms with Crippen LogP contribution in [-0.4, -0.2) is 45.9 Å². The van der Waals surface area contributed by atoms with Crippen LogP contribution in [0.15, 0.2) is 24.3 Å². The van der Waals surface area contributed by atoms with E-state index in [1.807, 2.05) is 45.0 Å². The molecule has 33 heavy (non-hydrogen) atoms. The van der Waals surface area contributed by atoms with Gasteiger partial charge in [0.15, 0.2) is 0 Å². The number of benzene rings is 1. The number of fused-ring (bicyclic) bond motifs is 1. The first kappa shape index (κ1) is 23.7. The van der Waals surface area contributed by atoms with Gasteiger partial charge in [0.2, 0.25) is 5.88 Å². The number of pyridine rings is 1. The average molecular weight is 455 g/mol. The van der Waals surface area contributed by atoms with Crippen LogP contribution in [0.3, 0.4) is 0 Å². The van der Waals surface area contributed by atoms with Gasteiger partial charge in [-0.3, -0.25) is 0 Å². The number of likely N-dealkylation sites (tertiary alicyclic amines) is 1. The minimum atomic E-state index is -0.495. The smallest absolute Gasteiger partial charge is 0.410 e. The summed E-state index contributed by atoms with van der Waals surface area (Å²) < 4.78 is 12.0. The Kier molecular flexibility index (Phi) is 7.30. The summed E-state index contributed by atoms with van der Waals surface area (Å²) in [5, 5.41) is 11.7. The van der Waals surface area contributed by atoms with Gasteiger partial charge in [-0.25, -0.2) is 9.78 Å². The maximum Gasteiger partial charge on any atom is 0.410 e. The number of aromatic nitrogens is 1. The van der Waals surface area contributed by atoms with Crippen LogP contribution in [0.1, 0.15) is 77.7 Å². The molecule has 180 valence electrons. The third-order valence-corrected chi connectivity index (χ3v) is 6.53. The number of unbranched alkanes of at least 4 members (excludes halogenated alkanes) is 2. The minimum Gasteiger partial charge on any atom is -0.493 e. The molecule has 0 bridgehead atoms. The van der Waals surface area contributed by atoms with Crippen LogP contribution in [0.4, 0.5) is 4.79 Å². The molecule has 0 unspecified atom stereocenters. The second-order valence-corrected chi connectivity index (χ2v) is 10.6. The topological polar surface area (TPSA) is 71.9 Å². The summed E-state index contributed by atoms with van der Waals surface area (Å²) in [5.41, 5.74) is 1.06. The predicted molar refractivity (Wildman–Crippen MR) is 130 cm³/mol. The Labute approximate surface area is 197 Å². The van der Waals surface area contributed by atoms with Crippen molar-refractivity contribution < 1.29 is 19.4 Å². The summed E-state index contributed by atoms with van der Waals surface area (Å²) in [6.45, 7) is 6.86. The largest absolute Gasteiger partial charge is 0.493 e. The van der Waals surface area contributed by atoms with E-state index in [9.17, 15) is 9.90 Å². The molecule has 1 amide bonds. The van der Waals surface area contributed by atoms with E-state index in [1.54, 1.807) is 4.90 Å². The molecule has 0 spiro atoms. The summed E-state index contributed by atoms with van der Waals surface area (Å²) in [7, 11) is 0. The van der Waals surface area contributed by atoms with Crippen molar-refractivity contribution in [3.63, 3.8) is 0 Å². The van der Waals surface area contributed by atoms with Crippen LogP contribution in [-0.2, 0) is 11.2 Å². The Bertz CT molecular complexity index is 956. The number of carbonyl (C=O) groups excluding carboxylic acids is 1. The van der Waals surface area contributed by atoms with Gasteiger partial charge in [-0.15, -0.1) is 0 Å². The van der Waals surface area contributed by atoms with Gasteiger partial charge in [0.25, 0.3) is 0 Å². The van der Waals surface area contributed by atoms with E-state index in [1.165, 1.54) is 25.7 Å². The molecule has 6 nitrogen and oxygen atoms in total. The molecule has 4 rings (SSSR count). The number of amides is 1. The van der Waals surface area contributed by atoms with Gasteiger partial charge in [-0.05, 0) is 51.7 Å². The van der Waals surface area contributed by atoms with Crippen LogP contribution in [0.5, 0.6) is 11.6 Å². The molecule has 6 heteroatoms. The Hall–Kier alpha value is -2.50. The monoisotopic (exact) mass is 454 g/mol. The number of rotatable bonds is 8. The highest BCUT2D eigenvalue weighted by atomic mass is 16.6. The van der Waals surface area contributed by atoms with Crippen molar-refractivity contribution in [1.29, 1.82) is 0 Å². The fraction of sp³-hybridized carbons (Fsp3) is 0.630. The van der Waals surface area contributed by atoms with Gasteiger partial charge >= 0.3 is 6.09 Å². The average Bonchev–Trinajstić information content (AvgIpc) is 3.59. The molecule has 1 saturated heterocycles. The first-order valence-electron chi connectivity index (χ1n) is 12.6. The van der Waals surface area contributed by atoms with Crippen molar-refractivity contribution in [1.82, 2.24) is 9.88 Å². The van der Waals surface area contributed by atoms with Crippen LogP contribution < -0.4 is 4.74 Å². The summed E-state index contributed by atoms with van der Waals surface area (Å²) in [6, 6.07) is 7.84. The molecule has 0 atom stereocenters. The maximum atomic E-state index is 12.4. The summed E-state index contributed by atoms with van der Waals surface area (Å²) in [5.74, 6) is 1.80. The molecule has 0 radical (unpaired) electrons. The SMILES string of the molecule is CC(C)(C)OC(=O)N1CCC(Oc2c(CCCCCC3CC3)c(O)nc3ccccc23)CC1. The second-order valence-electron chi connectivity index (χ2n) is 10.6. The Morgan fingerprint density at radius 1 is 1.09 bits per heavy atom. The lowest BCUT2D eigenvalue weighted by Gasteiger charge is -2.34. The van der Waals surface area contributed by atoms with E-state index in [4.69, 9.17) is 9.47 Å². The van der Waals surface area contributed by atoms with Gasteiger partial charge in [-0.1, -0.05) is 44.2 Å². The molecule has 2 aliphatic rings. The van der Waals surface area contributed by atoms with Gasteiger partial charge in [-0.2, -0.15) is 0 Å². The lowest BCUT2D eigenvalue weighted by Crippen LogP contribution is -2.44.